The molecule has 3 aromatic heterocycles. The first kappa shape index (κ1) is 11.2. The summed E-state index contributed by atoms with van der Waals surface area (Å²) in [5.74, 6) is 1.05. The number of rotatable bonds is 2. The Kier molecular flexibility index (Phi) is 2.53. The fourth-order valence-corrected chi connectivity index (χ4v) is 2.65. The molecule has 0 aliphatic carbocycles. The first-order chi connectivity index (χ1) is 9.92. The van der Waals surface area contributed by atoms with Gasteiger partial charge in [0.15, 0.2) is 0 Å². The van der Waals surface area contributed by atoms with Crippen LogP contribution in [0.3, 0.4) is 0 Å². The first-order valence-electron chi connectivity index (χ1n) is 5.99. The normalized spacial score (nSPS) is 11.0. The van der Waals surface area contributed by atoms with Gasteiger partial charge in [-0.3, -0.25) is 9.97 Å². The quantitative estimate of drug-likeness (QED) is 0.563. The lowest BCUT2D eigenvalue weighted by Gasteiger charge is -1.99. The number of hydrogen-bond donors (Lipinski definition) is 0. The molecule has 0 bridgehead atoms. The summed E-state index contributed by atoms with van der Waals surface area (Å²) in [5, 5.41) is 6.00. The van der Waals surface area contributed by atoms with Gasteiger partial charge in [0.1, 0.15) is 5.52 Å². The molecule has 4 rings (SSSR count). The second kappa shape index (κ2) is 4.50. The minimum Gasteiger partial charge on any atom is -0.334 e. The average molecular weight is 280 g/mol. The van der Waals surface area contributed by atoms with Crippen LogP contribution in [0.4, 0.5) is 0 Å². The summed E-state index contributed by atoms with van der Waals surface area (Å²) in [5.41, 5.74) is 2.36. The van der Waals surface area contributed by atoms with Crippen molar-refractivity contribution in [3.8, 4) is 22.2 Å². The van der Waals surface area contributed by atoms with Crippen molar-refractivity contribution in [2.75, 3.05) is 0 Å². The summed E-state index contributed by atoms with van der Waals surface area (Å²) in [7, 11) is 0. The zero-order valence-electron chi connectivity index (χ0n) is 10.2. The van der Waals surface area contributed by atoms with Crippen molar-refractivity contribution in [3.05, 3.63) is 48.1 Å². The van der Waals surface area contributed by atoms with Gasteiger partial charge in [-0.05, 0) is 23.6 Å². The number of nitrogens with zero attached hydrogens (tertiary/aromatic N) is 4. The topological polar surface area (TPSA) is 64.7 Å². The summed E-state index contributed by atoms with van der Waals surface area (Å²) >= 11 is 1.58. The molecule has 0 spiro atoms. The van der Waals surface area contributed by atoms with Crippen molar-refractivity contribution in [2.45, 2.75) is 0 Å². The number of para-hydroxylation sites is 1. The van der Waals surface area contributed by atoms with Crippen molar-refractivity contribution in [2.24, 2.45) is 0 Å². The average Bonchev–Trinajstić information content (AvgIpc) is 3.17. The molecule has 0 unspecified atom stereocenters. The predicted molar refractivity (Wildman–Crippen MR) is 76.1 cm³/mol. The molecule has 0 saturated heterocycles. The molecular weight excluding hydrogens is 272 g/mol. The van der Waals surface area contributed by atoms with Crippen molar-refractivity contribution < 1.29 is 4.52 Å². The summed E-state index contributed by atoms with van der Waals surface area (Å²) in [6.07, 6.45) is 3.32. The lowest BCUT2D eigenvalue weighted by Crippen LogP contribution is -1.86. The lowest BCUT2D eigenvalue weighted by atomic mass is 10.2. The van der Waals surface area contributed by atoms with Crippen LogP contribution in [-0.4, -0.2) is 20.1 Å². The zero-order chi connectivity index (χ0) is 13.4. The second-order valence-corrected chi connectivity index (χ2v) is 5.08. The van der Waals surface area contributed by atoms with Crippen LogP contribution >= 0.6 is 11.3 Å². The molecule has 6 heteroatoms. The largest absolute Gasteiger partial charge is 0.334 e. The van der Waals surface area contributed by atoms with Crippen LogP contribution < -0.4 is 0 Å². The maximum Gasteiger partial charge on any atom is 0.260 e. The van der Waals surface area contributed by atoms with E-state index >= 15 is 0 Å². The third-order valence-electron chi connectivity index (χ3n) is 2.90. The Morgan fingerprint density at radius 1 is 1.00 bits per heavy atom. The standard InChI is InChI=1S/C14H8N4OS/c1-3-9(12-10(4-1)15-6-7-16-12)14-17-13(18-19-14)11-5-2-8-20-11/h1-8H. The molecule has 0 fully saturated rings. The second-order valence-electron chi connectivity index (χ2n) is 4.13. The highest BCUT2D eigenvalue weighted by Crippen LogP contribution is 2.28. The van der Waals surface area contributed by atoms with E-state index in [1.807, 2.05) is 35.7 Å². The van der Waals surface area contributed by atoms with Crippen molar-refractivity contribution in [1.82, 2.24) is 20.1 Å². The number of thiophene rings is 1. The Bertz CT molecular complexity index is 864. The lowest BCUT2D eigenvalue weighted by molar-refractivity contribution is 0.433. The van der Waals surface area contributed by atoms with Gasteiger partial charge in [0, 0.05) is 12.4 Å². The molecule has 0 N–H and O–H groups in total. The molecule has 0 atom stereocenters. The van der Waals surface area contributed by atoms with Gasteiger partial charge in [-0.15, -0.1) is 11.3 Å². The van der Waals surface area contributed by atoms with Gasteiger partial charge < -0.3 is 4.52 Å². The van der Waals surface area contributed by atoms with E-state index < -0.39 is 0 Å². The van der Waals surface area contributed by atoms with Crippen molar-refractivity contribution >= 4 is 22.4 Å². The predicted octanol–water partition coefficient (Wildman–Crippen LogP) is 3.41. The molecule has 0 amide bonds. The molecule has 0 radical (unpaired) electrons. The van der Waals surface area contributed by atoms with Gasteiger partial charge in [-0.25, -0.2) is 0 Å². The Balaban J connectivity index is 1.88. The van der Waals surface area contributed by atoms with Crippen LogP contribution in [0.2, 0.25) is 0 Å². The van der Waals surface area contributed by atoms with Crippen LogP contribution in [0.1, 0.15) is 0 Å². The molecule has 96 valence electrons. The first-order valence-corrected chi connectivity index (χ1v) is 6.87. The number of hydrogen-bond acceptors (Lipinski definition) is 6. The van der Waals surface area contributed by atoms with E-state index in [-0.39, 0.29) is 0 Å². The molecular formula is C14H8N4OS. The van der Waals surface area contributed by atoms with Crippen LogP contribution in [-0.2, 0) is 0 Å². The van der Waals surface area contributed by atoms with E-state index in [1.54, 1.807) is 23.7 Å². The van der Waals surface area contributed by atoms with E-state index in [1.165, 1.54) is 0 Å². The highest BCUT2D eigenvalue weighted by Gasteiger charge is 2.14. The van der Waals surface area contributed by atoms with Crippen molar-refractivity contribution in [1.29, 1.82) is 0 Å². The van der Waals surface area contributed by atoms with E-state index in [9.17, 15) is 0 Å². The van der Waals surface area contributed by atoms with Crippen LogP contribution in [0, 0.1) is 0 Å². The van der Waals surface area contributed by atoms with Gasteiger partial charge in [-0.1, -0.05) is 17.3 Å². The van der Waals surface area contributed by atoms with E-state index in [4.69, 9.17) is 4.52 Å². The monoisotopic (exact) mass is 280 g/mol. The molecule has 4 aromatic rings. The molecule has 0 aliphatic heterocycles. The van der Waals surface area contributed by atoms with E-state index in [0.29, 0.717) is 11.7 Å². The number of benzene rings is 1. The van der Waals surface area contributed by atoms with Gasteiger partial charge in [0.05, 0.1) is 16.0 Å². The van der Waals surface area contributed by atoms with Crippen LogP contribution in [0.5, 0.6) is 0 Å². The highest BCUT2D eigenvalue weighted by atomic mass is 32.1. The molecule has 20 heavy (non-hydrogen) atoms. The maximum atomic E-state index is 5.36. The van der Waals surface area contributed by atoms with Gasteiger partial charge in [0.2, 0.25) is 5.82 Å². The Hall–Kier alpha value is -2.60. The smallest absolute Gasteiger partial charge is 0.260 e. The number of aromatic nitrogens is 4. The van der Waals surface area contributed by atoms with Crippen LogP contribution in [0.25, 0.3) is 33.2 Å². The Morgan fingerprint density at radius 3 is 2.85 bits per heavy atom. The van der Waals surface area contributed by atoms with E-state index in [0.717, 1.165) is 21.5 Å². The molecule has 0 saturated carbocycles. The fraction of sp³-hybridized carbons (Fsp3) is 0. The Labute approximate surface area is 117 Å². The molecule has 5 nitrogen and oxygen atoms in total. The third-order valence-corrected chi connectivity index (χ3v) is 3.76. The Morgan fingerprint density at radius 2 is 1.95 bits per heavy atom. The zero-order valence-corrected chi connectivity index (χ0v) is 11.0. The number of fused-ring (bicyclic) bond motifs is 1. The SMILES string of the molecule is c1csc(-c2noc(-c3cccc4nccnc34)n2)c1. The summed E-state index contributed by atoms with van der Waals surface area (Å²) < 4.78 is 5.36. The van der Waals surface area contributed by atoms with E-state index in [2.05, 4.69) is 20.1 Å². The van der Waals surface area contributed by atoms with Gasteiger partial charge >= 0.3 is 0 Å². The maximum absolute atomic E-state index is 5.36. The van der Waals surface area contributed by atoms with Gasteiger partial charge in [-0.2, -0.15) is 4.98 Å². The molecule has 1 aromatic carbocycles. The summed E-state index contributed by atoms with van der Waals surface area (Å²) in [6, 6.07) is 9.63. The minimum atomic E-state index is 0.458. The fourth-order valence-electron chi connectivity index (χ4n) is 2.00. The summed E-state index contributed by atoms with van der Waals surface area (Å²) in [6.45, 7) is 0. The van der Waals surface area contributed by atoms with Crippen LogP contribution in [0.15, 0.2) is 52.6 Å². The van der Waals surface area contributed by atoms with Gasteiger partial charge in [0.25, 0.3) is 5.89 Å². The summed E-state index contributed by atoms with van der Waals surface area (Å²) in [4.78, 5) is 14.0. The molecule has 3 heterocycles. The van der Waals surface area contributed by atoms with Crippen molar-refractivity contribution in [3.63, 3.8) is 0 Å². The molecule has 0 aliphatic rings. The highest BCUT2D eigenvalue weighted by molar-refractivity contribution is 7.13. The third kappa shape index (κ3) is 1.78. The minimum absolute atomic E-state index is 0.458.